The van der Waals surface area contributed by atoms with Gasteiger partial charge in [0.15, 0.2) is 5.78 Å². The van der Waals surface area contributed by atoms with E-state index in [-0.39, 0.29) is 5.78 Å². The molecule has 0 unspecified atom stereocenters. The number of rotatable bonds is 5. The Bertz CT molecular complexity index is 894. The molecule has 23 heavy (non-hydrogen) atoms. The first-order chi connectivity index (χ1) is 11.3. The number of ketones is 1. The maximum Gasteiger partial charge on any atom is 0.194 e. The van der Waals surface area contributed by atoms with E-state index in [4.69, 9.17) is 0 Å². The lowest BCUT2D eigenvalue weighted by atomic mass is 9.86. The maximum absolute atomic E-state index is 12.8. The number of halogens is 1. The molecule has 0 spiro atoms. The molecule has 0 N–H and O–H groups in total. The van der Waals surface area contributed by atoms with E-state index in [0.717, 1.165) is 40.4 Å². The smallest absolute Gasteiger partial charge is 0.194 e. The third-order valence-electron chi connectivity index (χ3n) is 4.65. The third kappa shape index (κ3) is 2.34. The number of aryl methyl sites for hydroxylation is 1. The van der Waals surface area contributed by atoms with Gasteiger partial charge in [-0.1, -0.05) is 58.7 Å². The highest BCUT2D eigenvalue weighted by atomic mass is 79.9. The fourth-order valence-electron chi connectivity index (χ4n) is 3.55. The van der Waals surface area contributed by atoms with Crippen molar-refractivity contribution in [1.82, 2.24) is 4.57 Å². The largest absolute Gasteiger partial charge is 0.347 e. The molecule has 4 rings (SSSR count). The average Bonchev–Trinajstić information content (AvgIpc) is 2.96. The molecule has 1 aliphatic rings. The van der Waals surface area contributed by atoms with E-state index in [0.29, 0.717) is 0 Å². The van der Waals surface area contributed by atoms with Gasteiger partial charge in [0, 0.05) is 45.7 Å². The van der Waals surface area contributed by atoms with Gasteiger partial charge in [0.05, 0.1) is 0 Å². The van der Waals surface area contributed by atoms with Gasteiger partial charge in [0.25, 0.3) is 0 Å². The Kier molecular flexibility index (Phi) is 3.82. The van der Waals surface area contributed by atoms with Gasteiger partial charge >= 0.3 is 0 Å². The lowest BCUT2D eigenvalue weighted by Crippen LogP contribution is -2.08. The average molecular weight is 368 g/mol. The molecule has 1 aromatic heterocycles. The van der Waals surface area contributed by atoms with E-state index in [2.05, 4.69) is 38.8 Å². The summed E-state index contributed by atoms with van der Waals surface area (Å²) >= 11 is 3.49. The van der Waals surface area contributed by atoms with Crippen molar-refractivity contribution in [2.45, 2.75) is 25.8 Å². The Labute approximate surface area is 144 Å². The lowest BCUT2D eigenvalue weighted by Gasteiger charge is -2.15. The fourth-order valence-corrected chi connectivity index (χ4v) is 3.94. The van der Waals surface area contributed by atoms with Gasteiger partial charge in [-0.25, -0.2) is 0 Å². The highest BCUT2D eigenvalue weighted by Crippen LogP contribution is 2.40. The Morgan fingerprint density at radius 3 is 2.43 bits per heavy atom. The summed E-state index contributed by atoms with van der Waals surface area (Å²) in [6.07, 6.45) is 5.82. The Hall–Kier alpha value is -1.87. The van der Waals surface area contributed by atoms with Crippen LogP contribution in [0.5, 0.6) is 0 Å². The molecular formula is C20H18BrNO. The van der Waals surface area contributed by atoms with Crippen molar-refractivity contribution in [3.63, 3.8) is 0 Å². The zero-order valence-corrected chi connectivity index (χ0v) is 14.5. The van der Waals surface area contributed by atoms with E-state index in [1.807, 2.05) is 30.3 Å². The Morgan fingerprint density at radius 1 is 0.826 bits per heavy atom. The third-order valence-corrected chi connectivity index (χ3v) is 5.21. The number of hydrogen-bond donors (Lipinski definition) is 0. The molecule has 3 aromatic rings. The van der Waals surface area contributed by atoms with E-state index in [9.17, 15) is 4.79 Å². The predicted molar refractivity (Wildman–Crippen MR) is 98.5 cm³/mol. The number of carbonyl (C=O) groups excluding carboxylic acids is 1. The monoisotopic (exact) mass is 367 g/mol. The van der Waals surface area contributed by atoms with Crippen LogP contribution >= 0.6 is 15.9 Å². The van der Waals surface area contributed by atoms with Crippen molar-refractivity contribution in [2.24, 2.45) is 0 Å². The van der Waals surface area contributed by atoms with Crippen LogP contribution in [-0.2, 0) is 6.54 Å². The van der Waals surface area contributed by atoms with Crippen LogP contribution in [0, 0.1) is 0 Å². The van der Waals surface area contributed by atoms with Gasteiger partial charge in [-0.15, -0.1) is 0 Å². The van der Waals surface area contributed by atoms with Crippen LogP contribution in [0.1, 0.15) is 35.2 Å². The van der Waals surface area contributed by atoms with E-state index in [1.54, 1.807) is 0 Å². The number of alkyl halides is 1. The summed E-state index contributed by atoms with van der Waals surface area (Å²) < 4.78 is 2.32. The molecule has 1 aliphatic carbocycles. The molecule has 2 aromatic carbocycles. The van der Waals surface area contributed by atoms with Gasteiger partial charge in [-0.2, -0.15) is 0 Å². The van der Waals surface area contributed by atoms with Gasteiger partial charge in [-0.3, -0.25) is 4.79 Å². The topological polar surface area (TPSA) is 22.0 Å². The first kappa shape index (κ1) is 14.7. The van der Waals surface area contributed by atoms with Gasteiger partial charge in [-0.05, 0) is 24.5 Å². The summed E-state index contributed by atoms with van der Waals surface area (Å²) in [6.45, 7) is 1.00. The molecule has 2 nitrogen and oxygen atoms in total. The summed E-state index contributed by atoms with van der Waals surface area (Å²) in [6, 6.07) is 14.0. The second-order valence-corrected chi connectivity index (χ2v) is 6.85. The minimum atomic E-state index is 0.149. The van der Waals surface area contributed by atoms with Crippen molar-refractivity contribution in [3.8, 4) is 11.1 Å². The first-order valence-electron chi connectivity index (χ1n) is 8.13. The molecule has 0 atom stereocenters. The van der Waals surface area contributed by atoms with E-state index in [1.165, 1.54) is 23.9 Å². The molecule has 0 radical (unpaired) electrons. The zero-order valence-electron chi connectivity index (χ0n) is 12.9. The molecule has 0 bridgehead atoms. The number of unbranched alkanes of at least 4 members (excludes halogenated alkanes) is 2. The number of hydrogen-bond acceptors (Lipinski definition) is 1. The van der Waals surface area contributed by atoms with Gasteiger partial charge < -0.3 is 4.57 Å². The first-order valence-corrected chi connectivity index (χ1v) is 9.25. The van der Waals surface area contributed by atoms with Crippen LogP contribution in [0.3, 0.4) is 0 Å². The van der Waals surface area contributed by atoms with Crippen molar-refractivity contribution >= 4 is 32.6 Å². The van der Waals surface area contributed by atoms with Crippen LogP contribution in [0.4, 0.5) is 0 Å². The summed E-state index contributed by atoms with van der Waals surface area (Å²) in [5, 5.41) is 2.19. The number of fused-ring (bicyclic) bond motifs is 2. The minimum absolute atomic E-state index is 0.149. The molecular weight excluding hydrogens is 350 g/mol. The second kappa shape index (κ2) is 5.97. The van der Waals surface area contributed by atoms with Gasteiger partial charge in [0.1, 0.15) is 0 Å². The molecule has 0 amide bonds. The summed E-state index contributed by atoms with van der Waals surface area (Å²) in [7, 11) is 0. The fraction of sp³-hybridized carbons (Fsp3) is 0.250. The highest BCUT2D eigenvalue weighted by molar-refractivity contribution is 9.09. The standard InChI is InChI=1S/C20H18BrNO/c21-11-4-1-5-12-22-13-17-14-7-2-3-8-15(14)20(23)16-9-6-10-18(22)19(16)17/h2-3,6-10,13H,1,4-5,11-12H2. The molecule has 0 saturated carbocycles. The maximum atomic E-state index is 12.8. The SMILES string of the molecule is O=C1c2ccccc2-c2cn(CCCCCBr)c3cccc1c23. The van der Waals surface area contributed by atoms with Crippen LogP contribution in [0.15, 0.2) is 48.7 Å². The highest BCUT2D eigenvalue weighted by Gasteiger charge is 2.26. The zero-order chi connectivity index (χ0) is 15.8. The van der Waals surface area contributed by atoms with Crippen molar-refractivity contribution in [2.75, 3.05) is 5.33 Å². The quantitative estimate of drug-likeness (QED) is 0.341. The van der Waals surface area contributed by atoms with E-state index < -0.39 is 0 Å². The summed E-state index contributed by atoms with van der Waals surface area (Å²) in [5.74, 6) is 0.149. The van der Waals surface area contributed by atoms with E-state index >= 15 is 0 Å². The van der Waals surface area contributed by atoms with Crippen LogP contribution in [-0.4, -0.2) is 15.7 Å². The Balaban J connectivity index is 1.85. The van der Waals surface area contributed by atoms with Gasteiger partial charge in [0.2, 0.25) is 0 Å². The van der Waals surface area contributed by atoms with Crippen molar-refractivity contribution < 1.29 is 4.79 Å². The number of aromatic nitrogens is 1. The minimum Gasteiger partial charge on any atom is -0.347 e. The molecule has 0 fully saturated rings. The summed E-state index contributed by atoms with van der Waals surface area (Å²) in [5.41, 5.74) is 5.12. The molecule has 0 aliphatic heterocycles. The summed E-state index contributed by atoms with van der Waals surface area (Å²) in [4.78, 5) is 12.8. The number of benzene rings is 2. The van der Waals surface area contributed by atoms with Crippen LogP contribution in [0.2, 0.25) is 0 Å². The number of carbonyl (C=O) groups is 1. The lowest BCUT2D eigenvalue weighted by molar-refractivity contribution is 0.104. The molecule has 116 valence electrons. The normalized spacial score (nSPS) is 12.7. The Morgan fingerprint density at radius 2 is 1.61 bits per heavy atom. The van der Waals surface area contributed by atoms with Crippen molar-refractivity contribution in [3.05, 3.63) is 59.8 Å². The second-order valence-electron chi connectivity index (χ2n) is 6.06. The van der Waals surface area contributed by atoms with Crippen LogP contribution in [0.25, 0.3) is 22.0 Å². The number of nitrogens with zero attached hydrogens (tertiary/aromatic N) is 1. The molecule has 0 saturated heterocycles. The predicted octanol–water partition coefficient (Wildman–Crippen LogP) is 5.42. The van der Waals surface area contributed by atoms with Crippen LogP contribution < -0.4 is 0 Å². The molecule has 1 heterocycles. The molecule has 3 heteroatoms. The van der Waals surface area contributed by atoms with Crippen molar-refractivity contribution in [1.29, 1.82) is 0 Å².